The first-order valence-electron chi connectivity index (χ1n) is 9.65. The van der Waals surface area contributed by atoms with E-state index in [2.05, 4.69) is 0 Å². The van der Waals surface area contributed by atoms with E-state index in [4.69, 9.17) is 4.18 Å². The third-order valence-electron chi connectivity index (χ3n) is 5.63. The van der Waals surface area contributed by atoms with Gasteiger partial charge in [-0.2, -0.15) is 8.42 Å². The summed E-state index contributed by atoms with van der Waals surface area (Å²) in [6, 6.07) is 15.8. The number of nitrogens with zero attached hydrogens (tertiary/aromatic N) is 1. The molecule has 2 aromatic rings. The monoisotopic (exact) mass is 419 g/mol. The van der Waals surface area contributed by atoms with E-state index in [1.165, 1.54) is 12.1 Å². The van der Waals surface area contributed by atoms with Gasteiger partial charge in [0.1, 0.15) is 5.82 Å². The van der Waals surface area contributed by atoms with E-state index in [1.54, 1.807) is 12.1 Å². The molecule has 0 aromatic heterocycles. The lowest BCUT2D eigenvalue weighted by atomic mass is 9.77. The zero-order valence-corrected chi connectivity index (χ0v) is 17.5. The minimum atomic E-state index is -3.59. The predicted octanol–water partition coefficient (Wildman–Crippen LogP) is 3.71. The Morgan fingerprint density at radius 3 is 2.41 bits per heavy atom. The Morgan fingerprint density at radius 1 is 1.14 bits per heavy atom. The summed E-state index contributed by atoms with van der Waals surface area (Å²) in [5.74, 6) is -0.351. The highest BCUT2D eigenvalue weighted by molar-refractivity contribution is 7.85. The molecule has 0 aliphatic carbocycles. The summed E-state index contributed by atoms with van der Waals surface area (Å²) in [6.45, 7) is 2.52. The second kappa shape index (κ2) is 8.63. The zero-order chi connectivity index (χ0) is 21.1. The lowest BCUT2D eigenvalue weighted by Crippen LogP contribution is -2.38. The van der Waals surface area contributed by atoms with Gasteiger partial charge in [-0.1, -0.05) is 42.5 Å². The Kier molecular flexibility index (Phi) is 6.39. The summed E-state index contributed by atoms with van der Waals surface area (Å²) in [7, 11) is -3.59. The SMILES string of the molecule is C[C@H](c1ccccc1)N1CCC(CCOS(C)(=O)=O)(Cc2ccc(F)cc2)C1=O. The Hall–Kier alpha value is -2.25. The number of hydrogen-bond acceptors (Lipinski definition) is 4. The summed E-state index contributed by atoms with van der Waals surface area (Å²) in [5, 5.41) is 0. The molecule has 1 aliphatic heterocycles. The lowest BCUT2D eigenvalue weighted by Gasteiger charge is -2.31. The lowest BCUT2D eigenvalue weighted by molar-refractivity contribution is -0.138. The largest absolute Gasteiger partial charge is 0.335 e. The molecular weight excluding hydrogens is 393 g/mol. The first-order chi connectivity index (χ1) is 13.7. The molecule has 1 amide bonds. The number of rotatable bonds is 8. The van der Waals surface area contributed by atoms with E-state index >= 15 is 0 Å². The van der Waals surface area contributed by atoms with E-state index in [0.717, 1.165) is 17.4 Å². The van der Waals surface area contributed by atoms with Gasteiger partial charge in [-0.15, -0.1) is 0 Å². The Balaban J connectivity index is 1.84. The quantitative estimate of drug-likeness (QED) is 0.612. The van der Waals surface area contributed by atoms with Crippen LogP contribution >= 0.6 is 0 Å². The molecule has 0 radical (unpaired) electrons. The number of benzene rings is 2. The highest BCUT2D eigenvalue weighted by atomic mass is 32.2. The Bertz CT molecular complexity index is 947. The van der Waals surface area contributed by atoms with Crippen LogP contribution < -0.4 is 0 Å². The van der Waals surface area contributed by atoms with Crippen LogP contribution in [0, 0.1) is 11.2 Å². The van der Waals surface area contributed by atoms with Gasteiger partial charge in [0.25, 0.3) is 10.1 Å². The average Bonchev–Trinajstić information content (AvgIpc) is 2.99. The summed E-state index contributed by atoms with van der Waals surface area (Å²) < 4.78 is 41.0. The van der Waals surface area contributed by atoms with Crippen molar-refractivity contribution in [3.8, 4) is 0 Å². The summed E-state index contributed by atoms with van der Waals surface area (Å²) in [6.07, 6.45) is 2.29. The molecule has 7 heteroatoms. The van der Waals surface area contributed by atoms with Crippen LogP contribution in [-0.2, 0) is 25.5 Å². The molecule has 1 fully saturated rings. The van der Waals surface area contributed by atoms with E-state index in [-0.39, 0.29) is 30.8 Å². The van der Waals surface area contributed by atoms with Crippen LogP contribution in [-0.4, -0.2) is 38.6 Å². The molecule has 1 saturated heterocycles. The molecule has 2 aromatic carbocycles. The topological polar surface area (TPSA) is 63.7 Å². The smallest absolute Gasteiger partial charge is 0.264 e. The number of hydrogen-bond donors (Lipinski definition) is 0. The molecule has 0 N–H and O–H groups in total. The van der Waals surface area contributed by atoms with Crippen molar-refractivity contribution in [2.75, 3.05) is 19.4 Å². The van der Waals surface area contributed by atoms with E-state index in [1.807, 2.05) is 42.2 Å². The molecule has 156 valence electrons. The molecule has 5 nitrogen and oxygen atoms in total. The maximum atomic E-state index is 13.5. The number of carbonyl (C=O) groups excluding carboxylic acids is 1. The van der Waals surface area contributed by atoms with Crippen molar-refractivity contribution in [1.82, 2.24) is 4.90 Å². The minimum absolute atomic E-state index is 0.0183. The fraction of sp³-hybridized carbons (Fsp3) is 0.409. The Labute approximate surface area is 171 Å². The van der Waals surface area contributed by atoms with E-state index < -0.39 is 15.5 Å². The van der Waals surface area contributed by atoms with Gasteiger partial charge in [-0.3, -0.25) is 8.98 Å². The summed E-state index contributed by atoms with van der Waals surface area (Å²) in [4.78, 5) is 15.4. The van der Waals surface area contributed by atoms with E-state index in [0.29, 0.717) is 19.4 Å². The van der Waals surface area contributed by atoms with Gasteiger partial charge in [0.05, 0.1) is 24.3 Å². The van der Waals surface area contributed by atoms with Crippen LogP contribution in [0.15, 0.2) is 54.6 Å². The standard InChI is InChI=1S/C22H26FNO4S/c1-17(19-6-4-3-5-7-19)24-14-12-22(21(24)25,13-15-28-29(2,26)27)16-18-8-10-20(23)11-9-18/h3-11,17H,12-16H2,1-2H3/t17-,22?/m1/s1. The van der Waals surface area contributed by atoms with Crippen molar-refractivity contribution >= 4 is 16.0 Å². The Morgan fingerprint density at radius 2 is 1.79 bits per heavy atom. The fourth-order valence-corrected chi connectivity index (χ4v) is 4.38. The summed E-state index contributed by atoms with van der Waals surface area (Å²) in [5.41, 5.74) is 1.12. The van der Waals surface area contributed by atoms with Crippen molar-refractivity contribution in [2.45, 2.75) is 32.2 Å². The van der Waals surface area contributed by atoms with Gasteiger partial charge in [0, 0.05) is 6.54 Å². The fourth-order valence-electron chi connectivity index (χ4n) is 3.99. The van der Waals surface area contributed by atoms with Gasteiger partial charge in [0.2, 0.25) is 5.91 Å². The minimum Gasteiger partial charge on any atom is -0.335 e. The number of halogens is 1. The first-order valence-corrected chi connectivity index (χ1v) is 11.5. The third-order valence-corrected chi connectivity index (χ3v) is 6.22. The molecule has 0 spiro atoms. The molecule has 0 bridgehead atoms. The number of amides is 1. The van der Waals surface area contributed by atoms with Crippen LogP contribution in [0.4, 0.5) is 4.39 Å². The normalized spacial score (nSPS) is 20.8. The van der Waals surface area contributed by atoms with Gasteiger partial charge >= 0.3 is 0 Å². The second-order valence-electron chi connectivity index (χ2n) is 7.69. The zero-order valence-electron chi connectivity index (χ0n) is 16.7. The first kappa shape index (κ1) is 21.5. The predicted molar refractivity (Wildman–Crippen MR) is 109 cm³/mol. The van der Waals surface area contributed by atoms with Crippen molar-refractivity contribution in [3.05, 3.63) is 71.5 Å². The highest BCUT2D eigenvalue weighted by Crippen LogP contribution is 2.42. The van der Waals surface area contributed by atoms with Crippen molar-refractivity contribution in [1.29, 1.82) is 0 Å². The molecule has 29 heavy (non-hydrogen) atoms. The average molecular weight is 420 g/mol. The van der Waals surface area contributed by atoms with Gasteiger partial charge < -0.3 is 4.90 Å². The van der Waals surface area contributed by atoms with Crippen molar-refractivity contribution < 1.29 is 21.8 Å². The number of likely N-dealkylation sites (tertiary alicyclic amines) is 1. The summed E-state index contributed by atoms with van der Waals surface area (Å²) >= 11 is 0. The third kappa shape index (κ3) is 5.22. The molecule has 1 unspecified atom stereocenters. The molecule has 1 heterocycles. The van der Waals surface area contributed by atoms with Crippen LogP contribution in [0.2, 0.25) is 0 Å². The van der Waals surface area contributed by atoms with Crippen molar-refractivity contribution in [3.63, 3.8) is 0 Å². The maximum absolute atomic E-state index is 13.5. The van der Waals surface area contributed by atoms with Crippen LogP contribution in [0.25, 0.3) is 0 Å². The molecule has 3 rings (SSSR count). The van der Waals surface area contributed by atoms with E-state index in [9.17, 15) is 17.6 Å². The van der Waals surface area contributed by atoms with Crippen LogP contribution in [0.5, 0.6) is 0 Å². The van der Waals surface area contributed by atoms with Gasteiger partial charge in [0.15, 0.2) is 0 Å². The maximum Gasteiger partial charge on any atom is 0.264 e. The molecular formula is C22H26FNO4S. The molecule has 2 atom stereocenters. The van der Waals surface area contributed by atoms with Gasteiger partial charge in [-0.05, 0) is 49.4 Å². The second-order valence-corrected chi connectivity index (χ2v) is 9.34. The highest BCUT2D eigenvalue weighted by Gasteiger charge is 2.47. The van der Waals surface area contributed by atoms with Crippen LogP contribution in [0.1, 0.15) is 36.9 Å². The molecule has 1 aliphatic rings. The molecule has 0 saturated carbocycles. The van der Waals surface area contributed by atoms with Gasteiger partial charge in [-0.25, -0.2) is 4.39 Å². The number of carbonyl (C=O) groups is 1. The van der Waals surface area contributed by atoms with Crippen molar-refractivity contribution in [2.24, 2.45) is 5.41 Å². The van der Waals surface area contributed by atoms with Crippen LogP contribution in [0.3, 0.4) is 0 Å².